The van der Waals surface area contributed by atoms with E-state index in [1.807, 2.05) is 45.3 Å². The van der Waals surface area contributed by atoms with Crippen LogP contribution in [0.5, 0.6) is 0 Å². The molecule has 1 saturated heterocycles. The van der Waals surface area contributed by atoms with Crippen molar-refractivity contribution in [3.63, 3.8) is 0 Å². The first-order valence-corrected chi connectivity index (χ1v) is 11.3. The molecule has 8 nitrogen and oxygen atoms in total. The highest BCUT2D eigenvalue weighted by atomic mass is 16.6. The first-order valence-electron chi connectivity index (χ1n) is 11.3. The summed E-state index contributed by atoms with van der Waals surface area (Å²) in [5.41, 5.74) is 2.81. The van der Waals surface area contributed by atoms with Gasteiger partial charge in [-0.15, -0.1) is 0 Å². The van der Waals surface area contributed by atoms with Crippen LogP contribution < -0.4 is 9.80 Å². The number of anilines is 2. The van der Waals surface area contributed by atoms with Crippen LogP contribution in [0.15, 0.2) is 36.7 Å². The van der Waals surface area contributed by atoms with Gasteiger partial charge in [-0.2, -0.15) is 0 Å². The Morgan fingerprint density at radius 1 is 1.00 bits per heavy atom. The van der Waals surface area contributed by atoms with Crippen molar-refractivity contribution in [1.82, 2.24) is 19.8 Å². The lowest BCUT2D eigenvalue weighted by atomic mass is 10.1. The maximum Gasteiger partial charge on any atom is 0.410 e. The molecule has 172 valence electrons. The molecule has 3 heterocycles. The van der Waals surface area contributed by atoms with E-state index in [4.69, 9.17) is 4.74 Å². The zero-order chi connectivity index (χ0) is 22.7. The highest BCUT2D eigenvalue weighted by Crippen LogP contribution is 2.27. The van der Waals surface area contributed by atoms with E-state index in [-0.39, 0.29) is 6.09 Å². The second-order valence-electron chi connectivity index (χ2n) is 9.63. The Bertz CT molecular complexity index is 919. The molecule has 2 aromatic rings. The van der Waals surface area contributed by atoms with Crippen LogP contribution in [0.25, 0.3) is 0 Å². The number of rotatable bonds is 3. The number of aromatic nitrogens is 2. The number of para-hydroxylation sites is 1. The molecular formula is C24H34N6O2. The van der Waals surface area contributed by atoms with Crippen molar-refractivity contribution in [2.45, 2.75) is 39.5 Å². The molecule has 1 aromatic heterocycles. The van der Waals surface area contributed by atoms with E-state index in [0.29, 0.717) is 19.6 Å². The summed E-state index contributed by atoms with van der Waals surface area (Å²) in [6.45, 7) is 12.2. The second kappa shape index (κ2) is 9.32. The summed E-state index contributed by atoms with van der Waals surface area (Å²) in [6, 6.07) is 8.26. The van der Waals surface area contributed by atoms with Gasteiger partial charge in [0.25, 0.3) is 0 Å². The standard InChI is InChI=1S/C24H34N6O2/c1-24(2,3)32-23(31)30-14-13-29(21-8-6-5-7-20(21)18-30)17-19-15-25-22(26-16-19)28-11-9-27(4)10-12-28/h5-8,15-16H,9-14,17-18H2,1-4H3. The number of piperazine rings is 1. The van der Waals surface area contributed by atoms with Gasteiger partial charge in [-0.05, 0) is 39.4 Å². The molecule has 32 heavy (non-hydrogen) atoms. The predicted molar refractivity (Wildman–Crippen MR) is 126 cm³/mol. The van der Waals surface area contributed by atoms with Crippen LogP contribution in [0.2, 0.25) is 0 Å². The molecule has 0 spiro atoms. The van der Waals surface area contributed by atoms with E-state index < -0.39 is 5.60 Å². The van der Waals surface area contributed by atoms with Crippen LogP contribution in [0.1, 0.15) is 31.9 Å². The van der Waals surface area contributed by atoms with Crippen molar-refractivity contribution in [1.29, 1.82) is 0 Å². The Morgan fingerprint density at radius 3 is 2.38 bits per heavy atom. The fraction of sp³-hybridized carbons (Fsp3) is 0.542. The number of likely N-dealkylation sites (N-methyl/N-ethyl adjacent to an activating group) is 1. The Balaban J connectivity index is 1.46. The van der Waals surface area contributed by atoms with Gasteiger partial charge in [0.2, 0.25) is 5.95 Å². The summed E-state index contributed by atoms with van der Waals surface area (Å²) in [5, 5.41) is 0. The van der Waals surface area contributed by atoms with Gasteiger partial charge in [0.15, 0.2) is 0 Å². The van der Waals surface area contributed by atoms with Crippen LogP contribution in [-0.2, 0) is 17.8 Å². The van der Waals surface area contributed by atoms with Crippen LogP contribution in [0.3, 0.4) is 0 Å². The molecule has 2 aliphatic heterocycles. The molecule has 0 aliphatic carbocycles. The maximum atomic E-state index is 12.7. The molecule has 0 bridgehead atoms. The summed E-state index contributed by atoms with van der Waals surface area (Å²) in [7, 11) is 2.14. The fourth-order valence-electron chi connectivity index (χ4n) is 4.07. The molecule has 1 fully saturated rings. The van der Waals surface area contributed by atoms with Gasteiger partial charge in [0.1, 0.15) is 5.60 Å². The van der Waals surface area contributed by atoms with Crippen LogP contribution in [0, 0.1) is 0 Å². The first kappa shape index (κ1) is 22.3. The Kier molecular flexibility index (Phi) is 6.50. The van der Waals surface area contributed by atoms with Crippen molar-refractivity contribution in [2.75, 3.05) is 56.1 Å². The summed E-state index contributed by atoms with van der Waals surface area (Å²) in [5.74, 6) is 0.800. The van der Waals surface area contributed by atoms with E-state index in [2.05, 4.69) is 43.8 Å². The minimum absolute atomic E-state index is 0.269. The Morgan fingerprint density at radius 2 is 1.69 bits per heavy atom. The summed E-state index contributed by atoms with van der Waals surface area (Å²) >= 11 is 0. The largest absolute Gasteiger partial charge is 0.444 e. The highest BCUT2D eigenvalue weighted by molar-refractivity contribution is 5.69. The number of carbonyl (C=O) groups excluding carboxylic acids is 1. The molecule has 0 atom stereocenters. The lowest BCUT2D eigenvalue weighted by molar-refractivity contribution is 0.0243. The average molecular weight is 439 g/mol. The van der Waals surface area contributed by atoms with Gasteiger partial charge in [0.05, 0.1) is 6.54 Å². The summed E-state index contributed by atoms with van der Waals surface area (Å²) in [6.07, 6.45) is 3.59. The molecule has 0 saturated carbocycles. The summed E-state index contributed by atoms with van der Waals surface area (Å²) in [4.78, 5) is 30.6. The fourth-order valence-corrected chi connectivity index (χ4v) is 4.07. The van der Waals surface area contributed by atoms with Gasteiger partial charge in [-0.3, -0.25) is 0 Å². The van der Waals surface area contributed by atoms with Crippen molar-refractivity contribution >= 4 is 17.7 Å². The minimum atomic E-state index is -0.508. The number of benzene rings is 1. The first-order chi connectivity index (χ1) is 15.3. The second-order valence-corrected chi connectivity index (χ2v) is 9.63. The van der Waals surface area contributed by atoms with E-state index >= 15 is 0 Å². The average Bonchev–Trinajstić information content (AvgIpc) is 2.94. The zero-order valence-electron chi connectivity index (χ0n) is 19.6. The van der Waals surface area contributed by atoms with Crippen molar-refractivity contribution < 1.29 is 9.53 Å². The van der Waals surface area contributed by atoms with E-state index in [9.17, 15) is 4.79 Å². The molecule has 2 aliphatic rings. The number of fused-ring (bicyclic) bond motifs is 1. The third-order valence-electron chi connectivity index (χ3n) is 5.84. The van der Waals surface area contributed by atoms with Crippen LogP contribution in [-0.4, -0.2) is 77.8 Å². The van der Waals surface area contributed by atoms with Gasteiger partial charge in [-0.1, -0.05) is 18.2 Å². The van der Waals surface area contributed by atoms with Crippen LogP contribution in [0.4, 0.5) is 16.4 Å². The smallest absolute Gasteiger partial charge is 0.410 e. The van der Waals surface area contributed by atoms with Gasteiger partial charge in [0, 0.05) is 69.5 Å². The Labute approximate surface area is 190 Å². The molecule has 4 rings (SSSR count). The normalized spacial score (nSPS) is 17.7. The molecule has 1 aromatic carbocycles. The number of ether oxygens (including phenoxy) is 1. The van der Waals surface area contributed by atoms with E-state index in [1.165, 1.54) is 0 Å². The molecule has 0 radical (unpaired) electrons. The van der Waals surface area contributed by atoms with Gasteiger partial charge >= 0.3 is 6.09 Å². The van der Waals surface area contributed by atoms with Gasteiger partial charge in [-0.25, -0.2) is 14.8 Å². The molecule has 8 heteroatoms. The molecule has 0 unspecified atom stereocenters. The molecule has 0 N–H and O–H groups in total. The van der Waals surface area contributed by atoms with E-state index in [0.717, 1.165) is 55.5 Å². The number of amides is 1. The van der Waals surface area contributed by atoms with E-state index in [1.54, 1.807) is 4.90 Å². The van der Waals surface area contributed by atoms with Crippen molar-refractivity contribution in [2.24, 2.45) is 0 Å². The van der Waals surface area contributed by atoms with Crippen molar-refractivity contribution in [3.8, 4) is 0 Å². The molecular weight excluding hydrogens is 404 g/mol. The number of carbonyl (C=O) groups is 1. The molecule has 1 amide bonds. The Hall–Kier alpha value is -2.87. The third-order valence-corrected chi connectivity index (χ3v) is 5.84. The number of hydrogen-bond acceptors (Lipinski definition) is 7. The lowest BCUT2D eigenvalue weighted by Gasteiger charge is -2.32. The topological polar surface area (TPSA) is 65.0 Å². The maximum absolute atomic E-state index is 12.7. The summed E-state index contributed by atoms with van der Waals surface area (Å²) < 4.78 is 5.62. The van der Waals surface area contributed by atoms with Crippen molar-refractivity contribution in [3.05, 3.63) is 47.8 Å². The van der Waals surface area contributed by atoms with Gasteiger partial charge < -0.3 is 24.3 Å². The third kappa shape index (κ3) is 5.48. The zero-order valence-corrected chi connectivity index (χ0v) is 19.6. The number of nitrogens with zero attached hydrogens (tertiary/aromatic N) is 6. The number of hydrogen-bond donors (Lipinski definition) is 0. The van der Waals surface area contributed by atoms with Crippen LogP contribution >= 0.6 is 0 Å². The SMILES string of the molecule is CN1CCN(c2ncc(CN3CCN(C(=O)OC(C)(C)C)Cc4ccccc43)cn2)CC1. The highest BCUT2D eigenvalue weighted by Gasteiger charge is 2.27. The minimum Gasteiger partial charge on any atom is -0.444 e. The monoisotopic (exact) mass is 438 g/mol. The quantitative estimate of drug-likeness (QED) is 0.730. The lowest BCUT2D eigenvalue weighted by Crippen LogP contribution is -2.45. The predicted octanol–water partition coefficient (Wildman–Crippen LogP) is 2.99.